The first-order chi connectivity index (χ1) is 12.4. The van der Waals surface area contributed by atoms with E-state index in [2.05, 4.69) is 56.3 Å². The molecule has 0 N–H and O–H groups in total. The highest BCUT2D eigenvalue weighted by Gasteiger charge is 2.12. The molecule has 0 atom stereocenters. The van der Waals surface area contributed by atoms with Crippen molar-refractivity contribution in [3.8, 4) is 11.4 Å². The number of hydrogen-bond acceptors (Lipinski definition) is 4. The van der Waals surface area contributed by atoms with Gasteiger partial charge in [-0.25, -0.2) is 15.0 Å². The highest BCUT2D eigenvalue weighted by molar-refractivity contribution is 5.77. The van der Waals surface area contributed by atoms with Crippen molar-refractivity contribution in [3.05, 3.63) is 97.6 Å². The molecule has 120 valence electrons. The van der Waals surface area contributed by atoms with Crippen LogP contribution < -0.4 is 4.90 Å². The quantitative estimate of drug-likeness (QED) is 0.529. The summed E-state index contributed by atoms with van der Waals surface area (Å²) in [4.78, 5) is 14.5. The summed E-state index contributed by atoms with van der Waals surface area (Å²) in [6.07, 6.45) is 3.02. The highest BCUT2D eigenvalue weighted by Crippen LogP contribution is 2.34. The second-order valence-corrected chi connectivity index (χ2v) is 5.52. The minimum Gasteiger partial charge on any atom is -0.311 e. The van der Waals surface area contributed by atoms with E-state index < -0.39 is 0 Å². The Balaban J connectivity index is 1.75. The van der Waals surface area contributed by atoms with Crippen molar-refractivity contribution in [3.63, 3.8) is 0 Å². The summed E-state index contributed by atoms with van der Waals surface area (Å²) in [5, 5.41) is 0. The summed E-state index contributed by atoms with van der Waals surface area (Å²) in [5.74, 6) is 0.674. The van der Waals surface area contributed by atoms with E-state index in [4.69, 9.17) is 0 Å². The van der Waals surface area contributed by atoms with E-state index in [1.165, 1.54) is 12.7 Å². The van der Waals surface area contributed by atoms with Crippen LogP contribution in [0.5, 0.6) is 0 Å². The van der Waals surface area contributed by atoms with Crippen LogP contribution in [0, 0.1) is 0 Å². The van der Waals surface area contributed by atoms with E-state index in [1.807, 2.05) is 48.5 Å². The van der Waals surface area contributed by atoms with Crippen LogP contribution >= 0.6 is 0 Å². The number of rotatable bonds is 4. The van der Waals surface area contributed by atoms with Gasteiger partial charge in [-0.05, 0) is 48.5 Å². The van der Waals surface area contributed by atoms with Gasteiger partial charge in [0.2, 0.25) is 0 Å². The maximum absolute atomic E-state index is 4.20. The van der Waals surface area contributed by atoms with Crippen LogP contribution in [0.1, 0.15) is 0 Å². The van der Waals surface area contributed by atoms with Crippen molar-refractivity contribution in [1.82, 2.24) is 15.0 Å². The molecule has 0 amide bonds. The molecule has 0 unspecified atom stereocenters. The molecule has 4 aromatic rings. The van der Waals surface area contributed by atoms with E-state index in [9.17, 15) is 0 Å². The normalized spacial score (nSPS) is 10.4. The van der Waals surface area contributed by atoms with Gasteiger partial charge in [-0.3, -0.25) is 0 Å². The van der Waals surface area contributed by atoms with Gasteiger partial charge in [0.25, 0.3) is 0 Å². The van der Waals surface area contributed by atoms with Crippen LogP contribution in [0.4, 0.5) is 17.1 Å². The highest BCUT2D eigenvalue weighted by atomic mass is 15.1. The van der Waals surface area contributed by atoms with E-state index in [1.54, 1.807) is 0 Å². The Morgan fingerprint density at radius 2 is 1.00 bits per heavy atom. The van der Waals surface area contributed by atoms with Gasteiger partial charge in [-0.2, -0.15) is 0 Å². The minimum absolute atomic E-state index is 0.674. The minimum atomic E-state index is 0.674. The molecule has 0 saturated heterocycles. The molecule has 4 nitrogen and oxygen atoms in total. The Hall–Kier alpha value is -3.53. The Morgan fingerprint density at radius 3 is 1.52 bits per heavy atom. The average molecular weight is 324 g/mol. The Kier molecular flexibility index (Phi) is 4.16. The predicted octanol–water partition coefficient (Wildman–Crippen LogP) is 5.01. The van der Waals surface area contributed by atoms with Gasteiger partial charge in [-0.15, -0.1) is 0 Å². The van der Waals surface area contributed by atoms with Crippen molar-refractivity contribution in [2.45, 2.75) is 0 Å². The lowest BCUT2D eigenvalue weighted by Gasteiger charge is -2.25. The molecule has 1 aromatic heterocycles. The lowest BCUT2D eigenvalue weighted by molar-refractivity contribution is 1.06. The molecule has 4 heteroatoms. The molecule has 0 fully saturated rings. The fourth-order valence-corrected chi connectivity index (χ4v) is 2.75. The van der Waals surface area contributed by atoms with E-state index in [0.29, 0.717) is 5.82 Å². The molecular weight excluding hydrogens is 308 g/mol. The molecule has 3 aromatic carbocycles. The monoisotopic (exact) mass is 324 g/mol. The molecule has 0 radical (unpaired) electrons. The number of para-hydroxylation sites is 2. The molecule has 4 rings (SSSR count). The van der Waals surface area contributed by atoms with E-state index in [0.717, 1.165) is 22.6 Å². The van der Waals surface area contributed by atoms with Crippen LogP contribution in [-0.2, 0) is 0 Å². The average Bonchev–Trinajstić information content (AvgIpc) is 2.71. The number of anilines is 3. The van der Waals surface area contributed by atoms with E-state index >= 15 is 0 Å². The molecule has 0 bridgehead atoms. The molecule has 0 saturated carbocycles. The summed E-state index contributed by atoms with van der Waals surface area (Å²) in [6, 6.07) is 28.9. The molecule has 0 aliphatic carbocycles. The predicted molar refractivity (Wildman–Crippen MR) is 99.9 cm³/mol. The Bertz CT molecular complexity index is 884. The third kappa shape index (κ3) is 3.23. The molecule has 1 heterocycles. The standard InChI is InChI=1S/C21H16N4/c1-3-7-18(8-4-1)25(19-9-5-2-6-10-19)20-13-11-17(12-14-20)21-23-15-22-16-24-21/h1-16H. The summed E-state index contributed by atoms with van der Waals surface area (Å²) in [5.41, 5.74) is 4.27. The molecular formula is C21H16N4. The molecule has 25 heavy (non-hydrogen) atoms. The fourth-order valence-electron chi connectivity index (χ4n) is 2.75. The first-order valence-electron chi connectivity index (χ1n) is 8.04. The Morgan fingerprint density at radius 1 is 0.520 bits per heavy atom. The second-order valence-electron chi connectivity index (χ2n) is 5.52. The second kappa shape index (κ2) is 6.93. The van der Waals surface area contributed by atoms with Gasteiger partial charge < -0.3 is 4.90 Å². The Labute approximate surface area is 146 Å². The van der Waals surface area contributed by atoms with Crippen LogP contribution in [0.25, 0.3) is 11.4 Å². The first kappa shape index (κ1) is 15.0. The zero-order valence-electron chi connectivity index (χ0n) is 13.5. The lowest BCUT2D eigenvalue weighted by atomic mass is 10.1. The lowest BCUT2D eigenvalue weighted by Crippen LogP contribution is -2.09. The van der Waals surface area contributed by atoms with Crippen molar-refractivity contribution in [1.29, 1.82) is 0 Å². The maximum Gasteiger partial charge on any atom is 0.162 e. The van der Waals surface area contributed by atoms with Gasteiger partial charge in [0, 0.05) is 22.6 Å². The topological polar surface area (TPSA) is 41.9 Å². The largest absolute Gasteiger partial charge is 0.311 e. The number of nitrogens with zero attached hydrogens (tertiary/aromatic N) is 4. The smallest absolute Gasteiger partial charge is 0.162 e. The van der Waals surface area contributed by atoms with Gasteiger partial charge in [0.1, 0.15) is 12.7 Å². The van der Waals surface area contributed by atoms with Crippen molar-refractivity contribution in [2.24, 2.45) is 0 Å². The third-order valence-electron chi connectivity index (χ3n) is 3.91. The molecule has 0 aliphatic heterocycles. The first-order valence-corrected chi connectivity index (χ1v) is 8.04. The van der Waals surface area contributed by atoms with Gasteiger partial charge in [-0.1, -0.05) is 36.4 Å². The third-order valence-corrected chi connectivity index (χ3v) is 3.91. The summed E-state index contributed by atoms with van der Waals surface area (Å²) in [7, 11) is 0. The summed E-state index contributed by atoms with van der Waals surface area (Å²) >= 11 is 0. The van der Waals surface area contributed by atoms with Gasteiger partial charge in [0.05, 0.1) is 0 Å². The maximum atomic E-state index is 4.20. The van der Waals surface area contributed by atoms with Crippen LogP contribution in [-0.4, -0.2) is 15.0 Å². The summed E-state index contributed by atoms with van der Waals surface area (Å²) in [6.45, 7) is 0. The summed E-state index contributed by atoms with van der Waals surface area (Å²) < 4.78 is 0. The van der Waals surface area contributed by atoms with Crippen molar-refractivity contribution < 1.29 is 0 Å². The van der Waals surface area contributed by atoms with Crippen molar-refractivity contribution >= 4 is 17.1 Å². The van der Waals surface area contributed by atoms with Gasteiger partial charge >= 0.3 is 0 Å². The number of benzene rings is 3. The zero-order chi connectivity index (χ0) is 16.9. The zero-order valence-corrected chi connectivity index (χ0v) is 13.5. The van der Waals surface area contributed by atoms with Crippen LogP contribution in [0.2, 0.25) is 0 Å². The number of hydrogen-bond donors (Lipinski definition) is 0. The molecule has 0 aliphatic rings. The SMILES string of the molecule is c1ccc(N(c2ccccc2)c2ccc(-c3ncncn3)cc2)cc1. The van der Waals surface area contributed by atoms with E-state index in [-0.39, 0.29) is 0 Å². The van der Waals surface area contributed by atoms with Crippen LogP contribution in [0.15, 0.2) is 97.6 Å². The molecule has 0 spiro atoms. The fraction of sp³-hybridized carbons (Fsp3) is 0. The van der Waals surface area contributed by atoms with Gasteiger partial charge in [0.15, 0.2) is 5.82 Å². The van der Waals surface area contributed by atoms with Crippen molar-refractivity contribution in [2.75, 3.05) is 4.90 Å². The number of aromatic nitrogens is 3. The van der Waals surface area contributed by atoms with Crippen LogP contribution in [0.3, 0.4) is 0 Å².